The van der Waals surface area contributed by atoms with E-state index in [1.54, 1.807) is 30.9 Å². The quantitative estimate of drug-likeness (QED) is 0.918. The number of fused-ring (bicyclic) bond motifs is 1. The first-order chi connectivity index (χ1) is 11.3. The summed E-state index contributed by atoms with van der Waals surface area (Å²) < 4.78 is 0. The SMILES string of the molecule is O=C(c1ccncn1)N1C[C@H]2CC[C@@H](Nc3cnccn3)[C@H]2C1. The maximum absolute atomic E-state index is 12.5. The van der Waals surface area contributed by atoms with Crippen LogP contribution in [0.1, 0.15) is 23.3 Å². The summed E-state index contributed by atoms with van der Waals surface area (Å²) in [4.78, 5) is 30.8. The van der Waals surface area contributed by atoms with E-state index in [2.05, 4.69) is 25.3 Å². The van der Waals surface area contributed by atoms with Gasteiger partial charge in [0.1, 0.15) is 17.8 Å². The maximum atomic E-state index is 12.5. The van der Waals surface area contributed by atoms with E-state index in [1.807, 2.05) is 4.90 Å². The first-order valence-corrected chi connectivity index (χ1v) is 7.89. The Morgan fingerprint density at radius 2 is 2.09 bits per heavy atom. The van der Waals surface area contributed by atoms with E-state index in [0.717, 1.165) is 31.7 Å². The van der Waals surface area contributed by atoms with Crippen LogP contribution in [0.3, 0.4) is 0 Å². The van der Waals surface area contributed by atoms with Crippen LogP contribution < -0.4 is 5.32 Å². The van der Waals surface area contributed by atoms with Gasteiger partial charge in [0.15, 0.2) is 0 Å². The molecule has 1 aliphatic heterocycles. The molecule has 0 spiro atoms. The number of aromatic nitrogens is 4. The lowest BCUT2D eigenvalue weighted by molar-refractivity contribution is 0.0774. The number of hydrogen-bond donors (Lipinski definition) is 1. The second kappa shape index (κ2) is 5.91. The molecule has 118 valence electrons. The van der Waals surface area contributed by atoms with Crippen molar-refractivity contribution in [3.8, 4) is 0 Å². The van der Waals surface area contributed by atoms with E-state index in [4.69, 9.17) is 0 Å². The predicted molar refractivity (Wildman–Crippen MR) is 83.6 cm³/mol. The Morgan fingerprint density at radius 1 is 1.13 bits per heavy atom. The molecule has 2 fully saturated rings. The molecule has 1 saturated carbocycles. The highest BCUT2D eigenvalue weighted by molar-refractivity contribution is 5.92. The van der Waals surface area contributed by atoms with Crippen molar-refractivity contribution in [1.29, 1.82) is 0 Å². The predicted octanol–water partition coefficient (Wildman–Crippen LogP) is 1.23. The Kier molecular flexibility index (Phi) is 3.61. The van der Waals surface area contributed by atoms with Gasteiger partial charge in [0.2, 0.25) is 0 Å². The van der Waals surface area contributed by atoms with Crippen molar-refractivity contribution >= 4 is 11.7 Å². The number of nitrogens with one attached hydrogen (secondary N) is 1. The molecule has 1 N–H and O–H groups in total. The van der Waals surface area contributed by atoms with Crippen LogP contribution in [0.25, 0.3) is 0 Å². The molecule has 1 aliphatic carbocycles. The van der Waals surface area contributed by atoms with Gasteiger partial charge in [0.25, 0.3) is 5.91 Å². The first-order valence-electron chi connectivity index (χ1n) is 7.89. The summed E-state index contributed by atoms with van der Waals surface area (Å²) in [6, 6.07) is 2.02. The van der Waals surface area contributed by atoms with Crippen molar-refractivity contribution in [3.63, 3.8) is 0 Å². The Balaban J connectivity index is 1.44. The molecule has 7 nitrogen and oxygen atoms in total. The van der Waals surface area contributed by atoms with Crippen LogP contribution in [0.2, 0.25) is 0 Å². The highest BCUT2D eigenvalue weighted by Gasteiger charge is 2.44. The van der Waals surface area contributed by atoms with Gasteiger partial charge in [0, 0.05) is 43.6 Å². The highest BCUT2D eigenvalue weighted by atomic mass is 16.2. The summed E-state index contributed by atoms with van der Waals surface area (Å²) in [5.41, 5.74) is 0.471. The van der Waals surface area contributed by atoms with Crippen LogP contribution >= 0.6 is 0 Å². The Morgan fingerprint density at radius 3 is 2.87 bits per heavy atom. The summed E-state index contributed by atoms with van der Waals surface area (Å²) >= 11 is 0. The maximum Gasteiger partial charge on any atom is 0.272 e. The van der Waals surface area contributed by atoms with Crippen molar-refractivity contribution in [3.05, 3.63) is 42.9 Å². The molecule has 3 heterocycles. The van der Waals surface area contributed by atoms with Crippen LogP contribution in [0.15, 0.2) is 37.2 Å². The molecule has 1 saturated heterocycles. The highest BCUT2D eigenvalue weighted by Crippen LogP contribution is 2.39. The molecule has 2 aliphatic rings. The number of anilines is 1. The number of amides is 1. The fourth-order valence-electron chi connectivity index (χ4n) is 3.75. The minimum absolute atomic E-state index is 0.0000489. The van der Waals surface area contributed by atoms with Gasteiger partial charge >= 0.3 is 0 Å². The van der Waals surface area contributed by atoms with Crippen molar-refractivity contribution in [2.45, 2.75) is 18.9 Å². The van der Waals surface area contributed by atoms with Gasteiger partial charge in [-0.2, -0.15) is 0 Å². The number of likely N-dealkylation sites (tertiary alicyclic amines) is 1. The average molecular weight is 310 g/mol. The zero-order valence-corrected chi connectivity index (χ0v) is 12.7. The summed E-state index contributed by atoms with van der Waals surface area (Å²) in [5, 5.41) is 3.47. The molecule has 4 rings (SSSR count). The molecule has 3 atom stereocenters. The number of rotatable bonds is 3. The summed E-state index contributed by atoms with van der Waals surface area (Å²) in [5.74, 6) is 1.82. The first kappa shape index (κ1) is 14.0. The molecule has 0 radical (unpaired) electrons. The van der Waals surface area contributed by atoms with E-state index in [9.17, 15) is 4.79 Å². The molecule has 0 aromatic carbocycles. The van der Waals surface area contributed by atoms with E-state index >= 15 is 0 Å². The third kappa shape index (κ3) is 2.74. The van der Waals surface area contributed by atoms with Crippen molar-refractivity contribution in [2.24, 2.45) is 11.8 Å². The second-order valence-corrected chi connectivity index (χ2v) is 6.15. The van der Waals surface area contributed by atoms with Crippen molar-refractivity contribution in [2.75, 3.05) is 18.4 Å². The molecule has 0 bridgehead atoms. The van der Waals surface area contributed by atoms with Gasteiger partial charge in [0.05, 0.1) is 6.20 Å². The van der Waals surface area contributed by atoms with Crippen molar-refractivity contribution < 1.29 is 4.79 Å². The Labute approximate surface area is 134 Å². The van der Waals surface area contributed by atoms with Crippen LogP contribution in [-0.2, 0) is 0 Å². The molecule has 1 amide bonds. The number of hydrogen-bond acceptors (Lipinski definition) is 6. The smallest absolute Gasteiger partial charge is 0.272 e. The largest absolute Gasteiger partial charge is 0.366 e. The van der Waals surface area contributed by atoms with Gasteiger partial charge in [-0.05, 0) is 24.8 Å². The number of carbonyl (C=O) groups excluding carboxylic acids is 1. The lowest BCUT2D eigenvalue weighted by atomic mass is 9.98. The third-order valence-electron chi connectivity index (χ3n) is 4.84. The van der Waals surface area contributed by atoms with E-state index in [1.165, 1.54) is 6.33 Å². The zero-order chi connectivity index (χ0) is 15.6. The van der Waals surface area contributed by atoms with Crippen LogP contribution in [-0.4, -0.2) is 49.9 Å². The fourth-order valence-corrected chi connectivity index (χ4v) is 3.75. The fraction of sp³-hybridized carbons (Fsp3) is 0.438. The van der Waals surface area contributed by atoms with Gasteiger partial charge in [-0.15, -0.1) is 0 Å². The van der Waals surface area contributed by atoms with Gasteiger partial charge in [-0.25, -0.2) is 15.0 Å². The number of nitrogens with zero attached hydrogens (tertiary/aromatic N) is 5. The minimum Gasteiger partial charge on any atom is -0.366 e. The van der Waals surface area contributed by atoms with Crippen LogP contribution in [0.5, 0.6) is 0 Å². The van der Waals surface area contributed by atoms with E-state index < -0.39 is 0 Å². The minimum atomic E-state index is 0.0000489. The molecule has 7 heteroatoms. The number of carbonyl (C=O) groups is 1. The second-order valence-electron chi connectivity index (χ2n) is 6.15. The lowest BCUT2D eigenvalue weighted by Gasteiger charge is -2.22. The summed E-state index contributed by atoms with van der Waals surface area (Å²) in [6.07, 6.45) is 10.4. The molecule has 2 aromatic rings. The van der Waals surface area contributed by atoms with Crippen LogP contribution in [0.4, 0.5) is 5.82 Å². The molecule has 23 heavy (non-hydrogen) atoms. The molecular weight excluding hydrogens is 292 g/mol. The van der Waals surface area contributed by atoms with E-state index in [0.29, 0.717) is 23.6 Å². The monoisotopic (exact) mass is 310 g/mol. The topological polar surface area (TPSA) is 83.9 Å². The average Bonchev–Trinajstić information content (AvgIpc) is 3.18. The molecule has 0 unspecified atom stereocenters. The Hall–Kier alpha value is -2.57. The third-order valence-corrected chi connectivity index (χ3v) is 4.84. The van der Waals surface area contributed by atoms with Crippen molar-refractivity contribution in [1.82, 2.24) is 24.8 Å². The van der Waals surface area contributed by atoms with Gasteiger partial charge < -0.3 is 10.2 Å². The zero-order valence-electron chi connectivity index (χ0n) is 12.7. The van der Waals surface area contributed by atoms with Crippen LogP contribution in [0, 0.1) is 11.8 Å². The Bertz CT molecular complexity index is 679. The summed E-state index contributed by atoms with van der Waals surface area (Å²) in [6.45, 7) is 1.58. The molecular formula is C16H18N6O. The summed E-state index contributed by atoms with van der Waals surface area (Å²) in [7, 11) is 0. The van der Waals surface area contributed by atoms with Gasteiger partial charge in [-0.3, -0.25) is 9.78 Å². The standard InChI is InChI=1S/C16H18N6O/c23-16(14-3-4-18-10-20-14)22-8-11-1-2-13(12(11)9-22)21-15-7-17-5-6-19-15/h3-7,10-13H,1-2,8-9H2,(H,19,21)/t11-,12+,13-/m1/s1. The van der Waals surface area contributed by atoms with Gasteiger partial charge in [-0.1, -0.05) is 0 Å². The lowest BCUT2D eigenvalue weighted by Crippen LogP contribution is -2.33. The van der Waals surface area contributed by atoms with E-state index in [-0.39, 0.29) is 5.91 Å². The normalized spacial score (nSPS) is 26.1. The molecule has 2 aromatic heterocycles.